The molecule has 0 bridgehead atoms. The SMILES string of the molecule is CC1=[C]([Zr](=[C](c2ccccc2)c2ccccc2)[CH]2c3cc(C(C)(C)C)ccc3-c3ccc(C(C)(C)C)cc32)C(C)C=C1. The molecule has 4 aromatic carbocycles. The van der Waals surface area contributed by atoms with Crippen LogP contribution in [0, 0.1) is 5.92 Å². The van der Waals surface area contributed by atoms with Gasteiger partial charge in [0, 0.05) is 0 Å². The maximum atomic E-state index is 2.59. The third kappa shape index (κ3) is 5.24. The van der Waals surface area contributed by atoms with Gasteiger partial charge in [0.2, 0.25) is 0 Å². The van der Waals surface area contributed by atoms with E-state index in [4.69, 9.17) is 0 Å². The zero-order valence-corrected chi connectivity index (χ0v) is 29.0. The zero-order valence-electron chi connectivity index (χ0n) is 26.5. The van der Waals surface area contributed by atoms with Crippen LogP contribution in [0.15, 0.2) is 118 Å². The van der Waals surface area contributed by atoms with E-state index < -0.39 is 21.3 Å². The van der Waals surface area contributed by atoms with E-state index in [1.807, 2.05) is 0 Å². The Morgan fingerprint density at radius 2 is 1.07 bits per heavy atom. The number of hydrogen-bond acceptors (Lipinski definition) is 0. The average Bonchev–Trinajstić information content (AvgIpc) is 3.47. The van der Waals surface area contributed by atoms with E-state index in [1.54, 1.807) is 17.6 Å². The van der Waals surface area contributed by atoms with Gasteiger partial charge >= 0.3 is 263 Å². The molecule has 42 heavy (non-hydrogen) atoms. The first-order valence-electron chi connectivity index (χ1n) is 15.5. The molecule has 6 rings (SSSR count). The molecular formula is C41H44Zr. The Morgan fingerprint density at radius 1 is 0.619 bits per heavy atom. The monoisotopic (exact) mass is 626 g/mol. The fourth-order valence-corrected chi connectivity index (χ4v) is 16.8. The molecule has 2 aliphatic rings. The molecule has 0 aromatic heterocycles. The van der Waals surface area contributed by atoms with Gasteiger partial charge in [0.25, 0.3) is 0 Å². The number of fused-ring (bicyclic) bond motifs is 3. The summed E-state index contributed by atoms with van der Waals surface area (Å²) in [6, 6.07) is 37.5. The maximum absolute atomic E-state index is 2.78. The van der Waals surface area contributed by atoms with Crippen molar-refractivity contribution in [2.24, 2.45) is 5.92 Å². The van der Waals surface area contributed by atoms with E-state index >= 15 is 0 Å². The first-order valence-corrected chi connectivity index (χ1v) is 19.4. The summed E-state index contributed by atoms with van der Waals surface area (Å²) in [6.07, 6.45) is 4.86. The summed E-state index contributed by atoms with van der Waals surface area (Å²) in [5, 5.41) is 0. The number of benzene rings is 4. The van der Waals surface area contributed by atoms with Crippen molar-refractivity contribution in [2.45, 2.75) is 69.8 Å². The third-order valence-electron chi connectivity index (χ3n) is 9.24. The summed E-state index contributed by atoms with van der Waals surface area (Å²) in [5.74, 6) is 0.464. The zero-order chi connectivity index (χ0) is 29.8. The summed E-state index contributed by atoms with van der Waals surface area (Å²) in [6.45, 7) is 18.9. The second-order valence-electron chi connectivity index (χ2n) is 14.3. The van der Waals surface area contributed by atoms with E-state index in [9.17, 15) is 0 Å². The fourth-order valence-electron chi connectivity index (χ4n) is 6.92. The second kappa shape index (κ2) is 11.0. The molecule has 0 saturated heterocycles. The van der Waals surface area contributed by atoms with E-state index in [0.717, 1.165) is 0 Å². The van der Waals surface area contributed by atoms with Gasteiger partial charge in [-0.15, -0.1) is 0 Å². The van der Waals surface area contributed by atoms with Crippen LogP contribution >= 0.6 is 0 Å². The van der Waals surface area contributed by atoms with Crippen LogP contribution < -0.4 is 0 Å². The molecule has 4 aromatic rings. The Bertz CT molecular complexity index is 1630. The van der Waals surface area contributed by atoms with Gasteiger partial charge < -0.3 is 0 Å². The van der Waals surface area contributed by atoms with E-state index in [2.05, 4.69) is 165 Å². The molecule has 1 unspecified atom stereocenters. The summed E-state index contributed by atoms with van der Waals surface area (Å²) < 4.78 is 3.77. The molecule has 1 atom stereocenters. The van der Waals surface area contributed by atoms with Crippen molar-refractivity contribution < 1.29 is 21.3 Å². The predicted octanol–water partition coefficient (Wildman–Crippen LogP) is 10.7. The number of allylic oxidation sites excluding steroid dienone is 4. The van der Waals surface area contributed by atoms with Crippen molar-refractivity contribution in [2.75, 3.05) is 0 Å². The third-order valence-corrected chi connectivity index (χ3v) is 18.4. The van der Waals surface area contributed by atoms with Crippen LogP contribution in [0.25, 0.3) is 11.1 Å². The first-order chi connectivity index (χ1) is 19.9. The molecule has 0 saturated carbocycles. The van der Waals surface area contributed by atoms with Gasteiger partial charge in [-0.2, -0.15) is 0 Å². The van der Waals surface area contributed by atoms with Gasteiger partial charge in [0.1, 0.15) is 0 Å². The summed E-state index contributed by atoms with van der Waals surface area (Å²) in [4.78, 5) is 0. The molecule has 0 aliphatic heterocycles. The normalized spacial score (nSPS) is 16.5. The Labute approximate surface area is 261 Å². The van der Waals surface area contributed by atoms with E-state index in [1.165, 1.54) is 39.0 Å². The van der Waals surface area contributed by atoms with Gasteiger partial charge in [-0.3, -0.25) is 0 Å². The first kappa shape index (κ1) is 29.2. The topological polar surface area (TPSA) is 0 Å². The minimum absolute atomic E-state index is 0.0945. The van der Waals surface area contributed by atoms with E-state index in [-0.39, 0.29) is 10.8 Å². The minimum atomic E-state index is -2.78. The quantitative estimate of drug-likeness (QED) is 0.211. The second-order valence-corrected chi connectivity index (χ2v) is 20.3. The molecule has 0 radical (unpaired) electrons. The molecule has 0 spiro atoms. The van der Waals surface area contributed by atoms with Gasteiger partial charge in [-0.25, -0.2) is 0 Å². The van der Waals surface area contributed by atoms with Gasteiger partial charge in [0.15, 0.2) is 0 Å². The molecule has 0 amide bonds. The molecule has 0 fully saturated rings. The Balaban J connectivity index is 1.78. The van der Waals surface area contributed by atoms with Crippen LogP contribution in [0.2, 0.25) is 0 Å². The van der Waals surface area contributed by atoms with Gasteiger partial charge in [0.05, 0.1) is 0 Å². The van der Waals surface area contributed by atoms with Crippen LogP contribution in [0.5, 0.6) is 0 Å². The summed E-state index contributed by atoms with van der Waals surface area (Å²) in [7, 11) is 0. The Hall–Kier alpha value is -2.89. The number of rotatable bonds is 4. The van der Waals surface area contributed by atoms with Crippen molar-refractivity contribution in [3.05, 3.63) is 151 Å². The molecule has 1 heteroatoms. The molecule has 0 N–H and O–H groups in total. The van der Waals surface area contributed by atoms with Crippen LogP contribution in [-0.4, -0.2) is 3.21 Å². The molecular weight excluding hydrogens is 584 g/mol. The van der Waals surface area contributed by atoms with Crippen molar-refractivity contribution in [1.82, 2.24) is 0 Å². The summed E-state index contributed by atoms with van der Waals surface area (Å²) in [5.41, 5.74) is 13.3. The van der Waals surface area contributed by atoms with E-state index in [0.29, 0.717) is 9.54 Å². The van der Waals surface area contributed by atoms with Crippen LogP contribution in [0.4, 0.5) is 0 Å². The molecule has 0 heterocycles. The average molecular weight is 628 g/mol. The van der Waals surface area contributed by atoms with Crippen molar-refractivity contribution >= 4 is 3.21 Å². The number of hydrogen-bond donors (Lipinski definition) is 0. The van der Waals surface area contributed by atoms with Crippen LogP contribution in [-0.2, 0) is 32.1 Å². The molecule has 2 aliphatic carbocycles. The fraction of sp³-hybridized carbons (Fsp3) is 0.293. The standard InChI is InChI=1S/C21H25.C13H10.C7H9.Zr/c1-20(2,3)16-7-9-18-14(12-16)11-15-13-17(21(4,5)6)8-10-19(15)18;1-3-7-12(8-4-1)11-13-9-5-2-6-10-13;1-6-3-4-7(2)5-6;/h7-13H,1-6H3;1-10H;3-4,6H,1-2H3;. The summed E-state index contributed by atoms with van der Waals surface area (Å²) >= 11 is -2.78. The van der Waals surface area contributed by atoms with Crippen molar-refractivity contribution in [1.29, 1.82) is 0 Å². The van der Waals surface area contributed by atoms with Crippen molar-refractivity contribution in [3.8, 4) is 11.1 Å². The van der Waals surface area contributed by atoms with Crippen LogP contribution in [0.3, 0.4) is 0 Å². The predicted molar refractivity (Wildman–Crippen MR) is 178 cm³/mol. The van der Waals surface area contributed by atoms with Crippen LogP contribution in [0.1, 0.15) is 92.4 Å². The molecule has 212 valence electrons. The Kier molecular flexibility index (Phi) is 7.64. The molecule has 0 nitrogen and oxygen atoms in total. The Morgan fingerprint density at radius 3 is 1.45 bits per heavy atom. The van der Waals surface area contributed by atoms with Crippen molar-refractivity contribution in [3.63, 3.8) is 0 Å². The van der Waals surface area contributed by atoms with Gasteiger partial charge in [-0.1, -0.05) is 0 Å². The van der Waals surface area contributed by atoms with Gasteiger partial charge in [-0.05, 0) is 0 Å².